The maximum absolute atomic E-state index is 5.05. The summed E-state index contributed by atoms with van der Waals surface area (Å²) in [5.74, 6) is 0.731. The zero-order valence-electron chi connectivity index (χ0n) is 24.7. The molecule has 0 aliphatic heterocycles. The van der Waals surface area contributed by atoms with E-state index in [1.165, 1.54) is 43.1 Å². The third kappa shape index (κ3) is 4.40. The van der Waals surface area contributed by atoms with Gasteiger partial charge in [-0.1, -0.05) is 153 Å². The fourth-order valence-corrected chi connectivity index (χ4v) is 8.01. The van der Waals surface area contributed by atoms with Crippen LogP contribution < -0.4 is 0 Å². The van der Waals surface area contributed by atoms with E-state index in [9.17, 15) is 0 Å². The van der Waals surface area contributed by atoms with E-state index in [1.807, 2.05) is 35.6 Å². The van der Waals surface area contributed by atoms with E-state index in [-0.39, 0.29) is 5.41 Å². The number of nitrogens with zero attached hydrogens (tertiary/aromatic N) is 2. The molecule has 210 valence electrons. The average Bonchev–Trinajstić information content (AvgIpc) is 3.61. The first kappa shape index (κ1) is 26.5. The van der Waals surface area contributed by atoms with Crippen molar-refractivity contribution in [3.05, 3.63) is 157 Å². The van der Waals surface area contributed by atoms with E-state index in [1.54, 1.807) is 0 Å². The van der Waals surface area contributed by atoms with E-state index in [0.29, 0.717) is 0 Å². The highest BCUT2D eigenvalue weighted by atomic mass is 32.1. The summed E-state index contributed by atoms with van der Waals surface area (Å²) in [6, 6.07) is 51.4. The fourth-order valence-electron chi connectivity index (χ4n) is 6.52. The fraction of sp³-hybridized carbons (Fsp3) is 0.0732. The molecule has 3 heteroatoms. The van der Waals surface area contributed by atoms with E-state index >= 15 is 0 Å². The molecule has 2 nitrogen and oxygen atoms in total. The molecule has 0 amide bonds. The number of thiophene rings is 1. The summed E-state index contributed by atoms with van der Waals surface area (Å²) in [5, 5.41) is 0. The topological polar surface area (TPSA) is 25.8 Å². The summed E-state index contributed by atoms with van der Waals surface area (Å²) in [4.78, 5) is 12.7. The number of fused-ring (bicyclic) bond motifs is 3. The van der Waals surface area contributed by atoms with Crippen LogP contribution in [0.5, 0.6) is 0 Å². The summed E-state index contributed by atoms with van der Waals surface area (Å²) in [6.45, 7) is 4.74. The lowest BCUT2D eigenvalue weighted by Crippen LogP contribution is -2.15. The van der Waals surface area contributed by atoms with Gasteiger partial charge in [0.25, 0.3) is 0 Å². The van der Waals surface area contributed by atoms with Crippen molar-refractivity contribution < 1.29 is 0 Å². The van der Waals surface area contributed by atoms with Gasteiger partial charge in [-0.3, -0.25) is 0 Å². The quantitative estimate of drug-likeness (QED) is 0.202. The molecule has 0 radical (unpaired) electrons. The second-order valence-corrected chi connectivity index (χ2v) is 12.8. The molecule has 0 saturated heterocycles. The van der Waals surface area contributed by atoms with Gasteiger partial charge in [0.15, 0.2) is 5.82 Å². The summed E-state index contributed by atoms with van der Waals surface area (Å²) in [7, 11) is 0. The highest BCUT2D eigenvalue weighted by Crippen LogP contribution is 2.59. The van der Waals surface area contributed by atoms with Crippen molar-refractivity contribution in [2.24, 2.45) is 0 Å². The van der Waals surface area contributed by atoms with Gasteiger partial charge < -0.3 is 0 Å². The monoisotopic (exact) mass is 582 g/mol. The van der Waals surface area contributed by atoms with Crippen LogP contribution in [0.25, 0.3) is 65.9 Å². The summed E-state index contributed by atoms with van der Waals surface area (Å²) < 4.78 is 0. The van der Waals surface area contributed by atoms with Gasteiger partial charge in [-0.05, 0) is 33.9 Å². The number of aromatic nitrogens is 2. The molecule has 0 unspecified atom stereocenters. The largest absolute Gasteiger partial charge is 0.228 e. The number of benzene rings is 5. The van der Waals surface area contributed by atoms with Gasteiger partial charge >= 0.3 is 0 Å². The van der Waals surface area contributed by atoms with Crippen molar-refractivity contribution in [3.8, 4) is 65.9 Å². The third-order valence-corrected chi connectivity index (χ3v) is 10.00. The normalized spacial score (nSPS) is 13.0. The molecule has 2 heterocycles. The molecule has 0 saturated carbocycles. The molecule has 2 aromatic heterocycles. The summed E-state index contributed by atoms with van der Waals surface area (Å²) in [5.41, 5.74) is 13.0. The predicted molar refractivity (Wildman–Crippen MR) is 185 cm³/mol. The van der Waals surface area contributed by atoms with Crippen molar-refractivity contribution >= 4 is 11.3 Å². The van der Waals surface area contributed by atoms with Crippen LogP contribution in [0.1, 0.15) is 25.0 Å². The molecule has 44 heavy (non-hydrogen) atoms. The minimum atomic E-state index is -0.0920. The Hall–Kier alpha value is -5.12. The summed E-state index contributed by atoms with van der Waals surface area (Å²) in [6.07, 6.45) is 0. The van der Waals surface area contributed by atoms with Gasteiger partial charge in [-0.15, -0.1) is 11.3 Å². The van der Waals surface area contributed by atoms with Crippen molar-refractivity contribution in [3.63, 3.8) is 0 Å². The Morgan fingerprint density at radius 3 is 1.59 bits per heavy atom. The molecule has 0 atom stereocenters. The molecular formula is C41H30N2S. The lowest BCUT2D eigenvalue weighted by atomic mass is 9.81. The Kier molecular flexibility index (Phi) is 6.36. The number of rotatable bonds is 5. The van der Waals surface area contributed by atoms with Crippen LogP contribution in [0, 0.1) is 0 Å². The van der Waals surface area contributed by atoms with Crippen molar-refractivity contribution in [2.45, 2.75) is 19.3 Å². The minimum absolute atomic E-state index is 0.0920. The van der Waals surface area contributed by atoms with E-state index < -0.39 is 0 Å². The Morgan fingerprint density at radius 1 is 0.477 bits per heavy atom. The molecule has 0 fully saturated rings. The lowest BCUT2D eigenvalue weighted by molar-refractivity contribution is 0.664. The third-order valence-electron chi connectivity index (χ3n) is 8.71. The maximum atomic E-state index is 5.05. The average molecular weight is 583 g/mol. The van der Waals surface area contributed by atoms with Gasteiger partial charge in [-0.2, -0.15) is 0 Å². The lowest BCUT2D eigenvalue weighted by Gasteiger charge is -2.22. The predicted octanol–water partition coefficient (Wildman–Crippen LogP) is 11.2. The minimum Gasteiger partial charge on any atom is -0.228 e. The van der Waals surface area contributed by atoms with Gasteiger partial charge in [0.2, 0.25) is 0 Å². The molecule has 7 aromatic rings. The molecule has 0 N–H and O–H groups in total. The van der Waals surface area contributed by atoms with Gasteiger partial charge in [0, 0.05) is 37.4 Å². The first-order valence-corrected chi connectivity index (χ1v) is 15.8. The van der Waals surface area contributed by atoms with Gasteiger partial charge in [0.05, 0.1) is 11.4 Å². The zero-order valence-corrected chi connectivity index (χ0v) is 25.5. The Bertz CT molecular complexity index is 2050. The van der Waals surface area contributed by atoms with E-state index in [4.69, 9.17) is 9.97 Å². The number of hydrogen-bond donors (Lipinski definition) is 0. The Balaban J connectivity index is 1.26. The van der Waals surface area contributed by atoms with Crippen LogP contribution in [0.15, 0.2) is 146 Å². The molecule has 8 rings (SSSR count). The first-order valence-electron chi connectivity index (χ1n) is 15.0. The molecule has 1 aliphatic carbocycles. The van der Waals surface area contributed by atoms with Crippen LogP contribution in [0.2, 0.25) is 0 Å². The second kappa shape index (κ2) is 10.6. The summed E-state index contributed by atoms with van der Waals surface area (Å²) >= 11 is 1.91. The van der Waals surface area contributed by atoms with Crippen molar-refractivity contribution in [1.82, 2.24) is 9.97 Å². The molecular weight excluding hydrogens is 553 g/mol. The maximum Gasteiger partial charge on any atom is 0.160 e. The Morgan fingerprint density at radius 2 is 0.955 bits per heavy atom. The highest BCUT2D eigenvalue weighted by molar-refractivity contribution is 7.19. The standard InChI is InChI=1S/C41H30N2S/c1-41(2)33-21-13-12-20-32(33)36-37(41)39(44-38(36)29-16-8-4-9-17-29)30-24-22-28(23-25-30)35-26-34(27-14-6-3-7-15-27)42-40(43-35)31-18-10-5-11-19-31/h3-26H,1-2H3. The molecule has 1 aliphatic rings. The van der Waals surface area contributed by atoms with Crippen LogP contribution >= 0.6 is 11.3 Å². The molecule has 5 aromatic carbocycles. The second-order valence-electron chi connectivity index (χ2n) is 11.8. The van der Waals surface area contributed by atoms with E-state index in [0.717, 1.165) is 33.9 Å². The highest BCUT2D eigenvalue weighted by Gasteiger charge is 2.41. The van der Waals surface area contributed by atoms with E-state index in [2.05, 4.69) is 135 Å². The SMILES string of the molecule is CC1(C)c2ccccc2-c2c(-c3ccccc3)sc(-c3ccc(-c4cc(-c5ccccc5)nc(-c5ccccc5)n4)cc3)c21. The van der Waals surface area contributed by atoms with Gasteiger partial charge in [-0.25, -0.2) is 9.97 Å². The van der Waals surface area contributed by atoms with Crippen LogP contribution in [-0.4, -0.2) is 9.97 Å². The van der Waals surface area contributed by atoms with Crippen molar-refractivity contribution in [2.75, 3.05) is 0 Å². The van der Waals surface area contributed by atoms with Crippen molar-refractivity contribution in [1.29, 1.82) is 0 Å². The first-order chi connectivity index (χ1) is 21.6. The smallest absolute Gasteiger partial charge is 0.160 e. The Labute approximate surface area is 262 Å². The molecule has 0 spiro atoms. The van der Waals surface area contributed by atoms with Gasteiger partial charge in [0.1, 0.15) is 0 Å². The number of hydrogen-bond acceptors (Lipinski definition) is 3. The van der Waals surface area contributed by atoms with Crippen LogP contribution in [0.3, 0.4) is 0 Å². The van der Waals surface area contributed by atoms with Crippen LogP contribution in [-0.2, 0) is 5.41 Å². The zero-order chi connectivity index (χ0) is 29.7. The molecule has 0 bridgehead atoms. The van der Waals surface area contributed by atoms with Crippen LogP contribution in [0.4, 0.5) is 0 Å².